The van der Waals surface area contributed by atoms with Crippen molar-refractivity contribution >= 4 is 43.8 Å². The molecule has 0 saturated carbocycles. The largest absolute Gasteiger partial charge is 0.487 e. The van der Waals surface area contributed by atoms with E-state index in [1.165, 1.54) is 0 Å². The van der Waals surface area contributed by atoms with Crippen LogP contribution in [0.4, 0.5) is 4.79 Å². The first kappa shape index (κ1) is 24.0. The Bertz CT molecular complexity index is 1190. The molecule has 0 aliphatic rings. The SMILES string of the molecule is N#C/C(Oc1ccc(Br)cc1)=C(\COc1ccc(Br)cc1)NC(=O)NC(=O)c1ccccc1. The molecule has 0 aliphatic heterocycles. The van der Waals surface area contributed by atoms with Gasteiger partial charge in [-0.05, 0) is 60.7 Å². The second-order valence-corrected chi connectivity index (χ2v) is 8.32. The van der Waals surface area contributed by atoms with E-state index in [1.807, 2.05) is 6.07 Å². The summed E-state index contributed by atoms with van der Waals surface area (Å²) >= 11 is 6.68. The van der Waals surface area contributed by atoms with Gasteiger partial charge in [0.2, 0.25) is 5.76 Å². The zero-order chi connectivity index (χ0) is 23.6. The third-order valence-corrected chi connectivity index (χ3v) is 5.19. The average molecular weight is 571 g/mol. The summed E-state index contributed by atoms with van der Waals surface area (Å²) in [5.74, 6) is 0.128. The van der Waals surface area contributed by atoms with Gasteiger partial charge in [0.1, 0.15) is 29.9 Å². The highest BCUT2D eigenvalue weighted by molar-refractivity contribution is 9.10. The summed E-state index contributed by atoms with van der Waals surface area (Å²) in [7, 11) is 0. The van der Waals surface area contributed by atoms with E-state index in [4.69, 9.17) is 9.47 Å². The van der Waals surface area contributed by atoms with Gasteiger partial charge in [0, 0.05) is 14.5 Å². The van der Waals surface area contributed by atoms with Crippen molar-refractivity contribution in [2.24, 2.45) is 0 Å². The van der Waals surface area contributed by atoms with Gasteiger partial charge in [-0.15, -0.1) is 0 Å². The van der Waals surface area contributed by atoms with E-state index in [0.29, 0.717) is 17.1 Å². The van der Waals surface area contributed by atoms with Crippen molar-refractivity contribution in [1.29, 1.82) is 5.26 Å². The number of halogens is 2. The molecule has 2 N–H and O–H groups in total. The molecule has 33 heavy (non-hydrogen) atoms. The van der Waals surface area contributed by atoms with E-state index >= 15 is 0 Å². The van der Waals surface area contributed by atoms with Gasteiger partial charge < -0.3 is 14.8 Å². The van der Waals surface area contributed by atoms with Gasteiger partial charge in [-0.2, -0.15) is 5.26 Å². The van der Waals surface area contributed by atoms with E-state index in [0.717, 1.165) is 8.95 Å². The highest BCUT2D eigenvalue weighted by Crippen LogP contribution is 2.20. The Hall–Kier alpha value is -3.61. The fraction of sp³-hybridized carbons (Fsp3) is 0.0417. The quantitative estimate of drug-likeness (QED) is 0.287. The number of allylic oxidation sites excluding steroid dienone is 1. The second kappa shape index (κ2) is 11.9. The minimum absolute atomic E-state index is 0.0432. The number of imide groups is 1. The molecule has 0 heterocycles. The van der Waals surface area contributed by atoms with Crippen LogP contribution in [0.25, 0.3) is 0 Å². The molecule has 3 amide bonds. The number of carbonyl (C=O) groups excluding carboxylic acids is 2. The number of hydrogen-bond donors (Lipinski definition) is 2. The molecule has 9 heteroatoms. The number of benzene rings is 3. The molecule has 0 fully saturated rings. The molecule has 0 radical (unpaired) electrons. The molecule has 0 saturated heterocycles. The molecule has 166 valence electrons. The topological polar surface area (TPSA) is 100 Å². The number of urea groups is 1. The molecule has 3 aromatic rings. The molecule has 0 unspecified atom stereocenters. The molecule has 3 aromatic carbocycles. The number of rotatable bonds is 7. The monoisotopic (exact) mass is 569 g/mol. The number of nitrogens with zero attached hydrogens (tertiary/aromatic N) is 1. The van der Waals surface area contributed by atoms with E-state index in [1.54, 1.807) is 78.9 Å². The molecule has 0 atom stereocenters. The third kappa shape index (κ3) is 7.49. The first-order valence-corrected chi connectivity index (χ1v) is 11.2. The number of ether oxygens (including phenoxy) is 2. The van der Waals surface area contributed by atoms with Gasteiger partial charge in [-0.1, -0.05) is 50.1 Å². The van der Waals surface area contributed by atoms with Crippen LogP contribution in [0.1, 0.15) is 10.4 Å². The third-order valence-electron chi connectivity index (χ3n) is 4.13. The van der Waals surface area contributed by atoms with Crippen molar-refractivity contribution in [2.75, 3.05) is 6.61 Å². The normalized spacial score (nSPS) is 10.9. The van der Waals surface area contributed by atoms with E-state index < -0.39 is 11.9 Å². The lowest BCUT2D eigenvalue weighted by atomic mass is 10.2. The number of amides is 3. The number of nitriles is 1. The van der Waals surface area contributed by atoms with Crippen LogP contribution in [-0.2, 0) is 0 Å². The van der Waals surface area contributed by atoms with Crippen LogP contribution in [-0.4, -0.2) is 18.5 Å². The van der Waals surface area contributed by atoms with Crippen LogP contribution in [0.3, 0.4) is 0 Å². The average Bonchev–Trinajstić information content (AvgIpc) is 2.83. The first-order valence-electron chi connectivity index (χ1n) is 9.57. The Morgan fingerprint density at radius 2 is 1.39 bits per heavy atom. The lowest BCUT2D eigenvalue weighted by molar-refractivity contribution is 0.0964. The number of hydrogen-bond acceptors (Lipinski definition) is 5. The molecule has 7 nitrogen and oxygen atoms in total. The Labute approximate surface area is 207 Å². The summed E-state index contributed by atoms with van der Waals surface area (Å²) in [5.41, 5.74) is 0.359. The number of carbonyl (C=O) groups is 2. The van der Waals surface area contributed by atoms with Crippen LogP contribution in [0.15, 0.2) is 99.3 Å². The minimum atomic E-state index is -0.828. The van der Waals surface area contributed by atoms with Gasteiger partial charge in [-0.3, -0.25) is 10.1 Å². The Morgan fingerprint density at radius 1 is 0.818 bits per heavy atom. The summed E-state index contributed by atoms with van der Waals surface area (Å²) in [6.45, 7) is -0.187. The summed E-state index contributed by atoms with van der Waals surface area (Å²) in [4.78, 5) is 24.8. The predicted molar refractivity (Wildman–Crippen MR) is 129 cm³/mol. The standard InChI is InChI=1S/C24H17Br2N3O4/c25-17-6-10-19(11-7-17)32-15-21(22(14-27)33-20-12-8-18(26)9-13-20)28-24(31)29-23(30)16-4-2-1-3-5-16/h1-13H,15H2,(H2,28,29,30,31)/b22-21-. The Morgan fingerprint density at radius 3 is 1.97 bits per heavy atom. The van der Waals surface area contributed by atoms with Crippen LogP contribution >= 0.6 is 31.9 Å². The zero-order valence-corrected chi connectivity index (χ0v) is 20.2. The van der Waals surface area contributed by atoms with E-state index in [9.17, 15) is 14.9 Å². The van der Waals surface area contributed by atoms with E-state index in [-0.39, 0.29) is 18.1 Å². The minimum Gasteiger partial charge on any atom is -0.487 e. The van der Waals surface area contributed by atoms with Gasteiger partial charge in [-0.25, -0.2) is 4.79 Å². The van der Waals surface area contributed by atoms with Gasteiger partial charge >= 0.3 is 6.03 Å². The molecule has 0 bridgehead atoms. The van der Waals surface area contributed by atoms with Crippen LogP contribution in [0.2, 0.25) is 0 Å². The van der Waals surface area contributed by atoms with Crippen molar-refractivity contribution in [3.8, 4) is 17.6 Å². The summed E-state index contributed by atoms with van der Waals surface area (Å²) in [6.07, 6.45) is 0. The van der Waals surface area contributed by atoms with Gasteiger partial charge in [0.05, 0.1) is 0 Å². The van der Waals surface area contributed by atoms with Gasteiger partial charge in [0.15, 0.2) is 0 Å². The lowest BCUT2D eigenvalue weighted by Gasteiger charge is -2.15. The van der Waals surface area contributed by atoms with Crippen molar-refractivity contribution in [2.45, 2.75) is 0 Å². The maximum Gasteiger partial charge on any atom is 0.326 e. The highest BCUT2D eigenvalue weighted by atomic mass is 79.9. The summed E-state index contributed by atoms with van der Waals surface area (Å²) in [6, 6.07) is 23.2. The van der Waals surface area contributed by atoms with E-state index in [2.05, 4.69) is 42.5 Å². The fourth-order valence-corrected chi connectivity index (χ4v) is 3.08. The molecular formula is C24H17Br2N3O4. The Kier molecular flexibility index (Phi) is 8.63. The predicted octanol–water partition coefficient (Wildman–Crippen LogP) is 5.54. The van der Waals surface area contributed by atoms with Crippen molar-refractivity contribution in [3.63, 3.8) is 0 Å². The highest BCUT2D eigenvalue weighted by Gasteiger charge is 2.17. The van der Waals surface area contributed by atoms with Crippen LogP contribution < -0.4 is 20.1 Å². The summed E-state index contributed by atoms with van der Waals surface area (Å²) in [5, 5.41) is 14.4. The lowest BCUT2D eigenvalue weighted by Crippen LogP contribution is -2.40. The zero-order valence-electron chi connectivity index (χ0n) is 17.0. The molecule has 0 aromatic heterocycles. The fourth-order valence-electron chi connectivity index (χ4n) is 2.55. The first-order chi connectivity index (χ1) is 15.9. The maximum absolute atomic E-state index is 12.5. The Balaban J connectivity index is 1.79. The van der Waals surface area contributed by atoms with Crippen molar-refractivity contribution < 1.29 is 19.1 Å². The second-order valence-electron chi connectivity index (χ2n) is 6.49. The maximum atomic E-state index is 12.5. The molecule has 3 rings (SSSR count). The molecular weight excluding hydrogens is 554 g/mol. The van der Waals surface area contributed by atoms with Gasteiger partial charge in [0.25, 0.3) is 5.91 Å². The van der Waals surface area contributed by atoms with Crippen molar-refractivity contribution in [3.05, 3.63) is 105 Å². The smallest absolute Gasteiger partial charge is 0.326 e. The molecule has 0 spiro atoms. The van der Waals surface area contributed by atoms with Crippen molar-refractivity contribution in [1.82, 2.24) is 10.6 Å². The van der Waals surface area contributed by atoms with Crippen LogP contribution in [0, 0.1) is 11.3 Å². The number of nitrogens with one attached hydrogen (secondary N) is 2. The molecule has 0 aliphatic carbocycles. The van der Waals surface area contributed by atoms with Crippen LogP contribution in [0.5, 0.6) is 11.5 Å². The summed E-state index contributed by atoms with van der Waals surface area (Å²) < 4.78 is 13.1.